The van der Waals surface area contributed by atoms with E-state index in [1.807, 2.05) is 0 Å². The smallest absolute Gasteiger partial charge is 0.315 e. The van der Waals surface area contributed by atoms with Gasteiger partial charge in [0.05, 0.1) is 0 Å². The number of rotatable bonds is 3. The number of carbonyl (C=O) groups excluding carboxylic acids is 2. The van der Waals surface area contributed by atoms with E-state index in [0.717, 1.165) is 6.42 Å². The molecular formula is C11H17F2N3O2. The van der Waals surface area contributed by atoms with Crippen molar-refractivity contribution in [2.24, 2.45) is 5.92 Å². The van der Waals surface area contributed by atoms with Crippen LogP contribution in [0, 0.1) is 5.92 Å². The van der Waals surface area contributed by atoms with Gasteiger partial charge in [-0.3, -0.25) is 4.79 Å². The van der Waals surface area contributed by atoms with E-state index in [2.05, 4.69) is 10.6 Å². The molecular weight excluding hydrogens is 244 g/mol. The van der Waals surface area contributed by atoms with Crippen molar-refractivity contribution in [1.29, 1.82) is 0 Å². The molecule has 0 aromatic rings. The van der Waals surface area contributed by atoms with Gasteiger partial charge in [-0.25, -0.2) is 13.6 Å². The molecule has 0 spiro atoms. The van der Waals surface area contributed by atoms with Gasteiger partial charge in [-0.2, -0.15) is 0 Å². The van der Waals surface area contributed by atoms with Crippen LogP contribution < -0.4 is 10.6 Å². The van der Waals surface area contributed by atoms with Gasteiger partial charge in [-0.15, -0.1) is 0 Å². The molecule has 1 saturated heterocycles. The lowest BCUT2D eigenvalue weighted by Gasteiger charge is -2.29. The molecule has 2 unspecified atom stereocenters. The molecule has 2 fully saturated rings. The van der Waals surface area contributed by atoms with Gasteiger partial charge in [0.2, 0.25) is 5.91 Å². The number of nitrogens with one attached hydrogen (secondary N) is 2. The standard InChI is InChI=1S/C11H17F2N3O2/c1-16-4-2-3-8(9(16)17)15-10(18)14-6-7-5-11(7,12)13/h7-8H,2-6H2,1H3,(H2,14,15,18). The first kappa shape index (κ1) is 13.0. The van der Waals surface area contributed by atoms with Crippen LogP contribution in [-0.4, -0.2) is 48.9 Å². The summed E-state index contributed by atoms with van der Waals surface area (Å²) in [5, 5.41) is 4.91. The summed E-state index contributed by atoms with van der Waals surface area (Å²) >= 11 is 0. The van der Waals surface area contributed by atoms with E-state index >= 15 is 0 Å². The number of urea groups is 1. The Morgan fingerprint density at radius 2 is 2.22 bits per heavy atom. The average Bonchev–Trinajstić information content (AvgIpc) is 2.90. The Hall–Kier alpha value is -1.40. The number of hydrogen-bond donors (Lipinski definition) is 2. The van der Waals surface area contributed by atoms with E-state index in [1.165, 1.54) is 0 Å². The third-order valence-electron chi connectivity index (χ3n) is 3.43. The molecule has 3 amide bonds. The maximum atomic E-state index is 12.6. The third-order valence-corrected chi connectivity index (χ3v) is 3.43. The average molecular weight is 261 g/mol. The van der Waals surface area contributed by atoms with Crippen molar-refractivity contribution in [2.75, 3.05) is 20.1 Å². The number of halogens is 2. The molecule has 0 radical (unpaired) electrons. The number of hydrogen-bond acceptors (Lipinski definition) is 2. The van der Waals surface area contributed by atoms with Gasteiger partial charge in [0.1, 0.15) is 6.04 Å². The van der Waals surface area contributed by atoms with Gasteiger partial charge < -0.3 is 15.5 Å². The van der Waals surface area contributed by atoms with Crippen molar-refractivity contribution in [3.05, 3.63) is 0 Å². The highest BCUT2D eigenvalue weighted by Gasteiger charge is 2.56. The topological polar surface area (TPSA) is 61.4 Å². The summed E-state index contributed by atoms with van der Waals surface area (Å²) in [6, 6.07) is -1.09. The number of likely N-dealkylation sites (tertiary alicyclic amines) is 1. The normalized spacial score (nSPS) is 29.9. The van der Waals surface area contributed by atoms with Crippen LogP contribution in [0.1, 0.15) is 19.3 Å². The Labute approximate surface area is 104 Å². The predicted molar refractivity (Wildman–Crippen MR) is 60.2 cm³/mol. The van der Waals surface area contributed by atoms with Gasteiger partial charge in [-0.05, 0) is 12.8 Å². The molecule has 2 rings (SSSR count). The van der Waals surface area contributed by atoms with Gasteiger partial charge in [0, 0.05) is 32.5 Å². The molecule has 2 N–H and O–H groups in total. The summed E-state index contributed by atoms with van der Waals surface area (Å²) < 4.78 is 25.2. The van der Waals surface area contributed by atoms with Crippen molar-refractivity contribution >= 4 is 11.9 Å². The van der Waals surface area contributed by atoms with Crippen molar-refractivity contribution in [2.45, 2.75) is 31.2 Å². The molecule has 0 aromatic heterocycles. The molecule has 7 heteroatoms. The summed E-state index contributed by atoms with van der Waals surface area (Å²) in [5.41, 5.74) is 0. The Morgan fingerprint density at radius 3 is 2.83 bits per heavy atom. The highest BCUT2D eigenvalue weighted by molar-refractivity contribution is 5.87. The van der Waals surface area contributed by atoms with E-state index in [9.17, 15) is 18.4 Å². The summed E-state index contributed by atoms with van der Waals surface area (Å²) in [6.07, 6.45) is 1.25. The largest absolute Gasteiger partial charge is 0.344 e. The van der Waals surface area contributed by atoms with Crippen molar-refractivity contribution in [3.8, 4) is 0 Å². The molecule has 2 atom stereocenters. The van der Waals surface area contributed by atoms with Crippen LogP contribution in [0.3, 0.4) is 0 Å². The number of likely N-dealkylation sites (N-methyl/N-ethyl adjacent to an activating group) is 1. The highest BCUT2D eigenvalue weighted by Crippen LogP contribution is 2.47. The van der Waals surface area contributed by atoms with E-state index in [1.54, 1.807) is 11.9 Å². The highest BCUT2D eigenvalue weighted by atomic mass is 19.3. The lowest BCUT2D eigenvalue weighted by Crippen LogP contribution is -2.53. The molecule has 0 bridgehead atoms. The molecule has 102 valence electrons. The van der Waals surface area contributed by atoms with Gasteiger partial charge in [0.25, 0.3) is 5.92 Å². The quantitative estimate of drug-likeness (QED) is 0.780. The number of amides is 3. The molecule has 2 aliphatic rings. The minimum absolute atomic E-state index is 0.0460. The van der Waals surface area contributed by atoms with Gasteiger partial charge in [-0.1, -0.05) is 0 Å². The fourth-order valence-corrected chi connectivity index (χ4v) is 2.08. The minimum atomic E-state index is -2.63. The SMILES string of the molecule is CN1CCCC(NC(=O)NCC2CC2(F)F)C1=O. The van der Waals surface area contributed by atoms with Crippen molar-refractivity contribution in [3.63, 3.8) is 0 Å². The maximum absolute atomic E-state index is 12.6. The maximum Gasteiger partial charge on any atom is 0.315 e. The second kappa shape index (κ2) is 4.70. The summed E-state index contributed by atoms with van der Waals surface area (Å²) in [5.74, 6) is -3.52. The van der Waals surface area contributed by atoms with E-state index in [4.69, 9.17) is 0 Å². The van der Waals surface area contributed by atoms with Gasteiger partial charge in [0.15, 0.2) is 0 Å². The lowest BCUT2D eigenvalue weighted by molar-refractivity contribution is -0.134. The summed E-state index contributed by atoms with van der Waals surface area (Å²) in [7, 11) is 1.68. The van der Waals surface area contributed by atoms with Crippen LogP contribution in [0.25, 0.3) is 0 Å². The number of carbonyl (C=O) groups is 2. The first-order chi connectivity index (χ1) is 8.40. The number of piperidine rings is 1. The van der Waals surface area contributed by atoms with Crippen LogP contribution in [-0.2, 0) is 4.79 Å². The summed E-state index contributed by atoms with van der Waals surface area (Å²) in [4.78, 5) is 24.7. The number of alkyl halides is 2. The fraction of sp³-hybridized carbons (Fsp3) is 0.818. The first-order valence-electron chi connectivity index (χ1n) is 6.07. The molecule has 5 nitrogen and oxygen atoms in total. The lowest BCUT2D eigenvalue weighted by atomic mass is 10.1. The Kier molecular flexibility index (Phi) is 3.41. The summed E-state index contributed by atoms with van der Waals surface area (Å²) in [6.45, 7) is 0.641. The fourth-order valence-electron chi connectivity index (χ4n) is 2.08. The zero-order valence-electron chi connectivity index (χ0n) is 10.2. The third kappa shape index (κ3) is 2.88. The zero-order chi connectivity index (χ0) is 13.3. The first-order valence-corrected chi connectivity index (χ1v) is 6.07. The van der Waals surface area contributed by atoms with E-state index < -0.39 is 23.9 Å². The van der Waals surface area contributed by atoms with Gasteiger partial charge >= 0.3 is 6.03 Å². The van der Waals surface area contributed by atoms with Crippen molar-refractivity contribution < 1.29 is 18.4 Å². The van der Waals surface area contributed by atoms with Crippen molar-refractivity contribution in [1.82, 2.24) is 15.5 Å². The molecule has 1 aliphatic carbocycles. The van der Waals surface area contributed by atoms with Crippen LogP contribution in [0.15, 0.2) is 0 Å². The predicted octanol–water partition coefficient (Wildman–Crippen LogP) is 0.562. The Morgan fingerprint density at radius 1 is 1.56 bits per heavy atom. The Balaban J connectivity index is 1.72. The molecule has 1 saturated carbocycles. The molecule has 18 heavy (non-hydrogen) atoms. The molecule has 0 aromatic carbocycles. The van der Waals surface area contributed by atoms with Crippen LogP contribution >= 0.6 is 0 Å². The van der Waals surface area contributed by atoms with Crippen LogP contribution in [0.2, 0.25) is 0 Å². The monoisotopic (exact) mass is 261 g/mol. The minimum Gasteiger partial charge on any atom is -0.344 e. The van der Waals surface area contributed by atoms with E-state index in [-0.39, 0.29) is 18.9 Å². The molecule has 1 heterocycles. The van der Waals surface area contributed by atoms with Crippen LogP contribution in [0.5, 0.6) is 0 Å². The second-order valence-electron chi connectivity index (χ2n) is 4.97. The Bertz CT molecular complexity index is 362. The zero-order valence-corrected chi connectivity index (χ0v) is 10.2. The van der Waals surface area contributed by atoms with E-state index in [0.29, 0.717) is 13.0 Å². The molecule has 1 aliphatic heterocycles. The van der Waals surface area contributed by atoms with Crippen LogP contribution in [0.4, 0.5) is 13.6 Å². The number of nitrogens with zero attached hydrogens (tertiary/aromatic N) is 1. The second-order valence-corrected chi connectivity index (χ2v) is 4.97.